The lowest BCUT2D eigenvalue weighted by Gasteiger charge is -2.19. The summed E-state index contributed by atoms with van der Waals surface area (Å²) < 4.78 is 6.85. The normalized spacial score (nSPS) is 12.0. The molecule has 1 rings (SSSR count). The number of ether oxygens (including phenoxy) is 1. The van der Waals surface area contributed by atoms with Gasteiger partial charge in [0.2, 0.25) is 0 Å². The van der Waals surface area contributed by atoms with Crippen molar-refractivity contribution in [3.8, 4) is 0 Å². The Morgan fingerprint density at radius 3 is 2.81 bits per heavy atom. The van der Waals surface area contributed by atoms with E-state index >= 15 is 0 Å². The smallest absolute Gasteiger partial charge is 0.164 e. The molecule has 0 aliphatic rings. The molecule has 92 valence electrons. The predicted octanol–water partition coefficient (Wildman–Crippen LogP) is 1.20. The summed E-state index contributed by atoms with van der Waals surface area (Å²) in [4.78, 5) is 4.25. The molecule has 5 heteroatoms. The van der Waals surface area contributed by atoms with Gasteiger partial charge >= 0.3 is 0 Å². The third-order valence-electron chi connectivity index (χ3n) is 2.10. The molecule has 0 spiro atoms. The zero-order valence-corrected chi connectivity index (χ0v) is 10.7. The summed E-state index contributed by atoms with van der Waals surface area (Å²) in [6.45, 7) is 8.71. The highest BCUT2D eigenvalue weighted by molar-refractivity contribution is 4.83. The number of methoxy groups -OCH3 is 1. The summed E-state index contributed by atoms with van der Waals surface area (Å²) in [7, 11) is 1.71. The molecular weight excluding hydrogens is 204 g/mol. The Labute approximate surface area is 97.2 Å². The van der Waals surface area contributed by atoms with Crippen molar-refractivity contribution in [1.29, 1.82) is 0 Å². The number of hydrogen-bond acceptors (Lipinski definition) is 4. The van der Waals surface area contributed by atoms with Gasteiger partial charge in [-0.15, -0.1) is 0 Å². The van der Waals surface area contributed by atoms with Crippen LogP contribution < -0.4 is 5.32 Å². The van der Waals surface area contributed by atoms with E-state index in [1.165, 1.54) is 0 Å². The molecule has 0 amide bonds. The summed E-state index contributed by atoms with van der Waals surface area (Å²) in [6.07, 6.45) is 2.74. The van der Waals surface area contributed by atoms with Crippen LogP contribution >= 0.6 is 0 Å². The number of nitrogens with zero attached hydrogens (tertiary/aromatic N) is 3. The van der Waals surface area contributed by atoms with E-state index in [0.29, 0.717) is 6.54 Å². The van der Waals surface area contributed by atoms with E-state index in [-0.39, 0.29) is 5.54 Å². The molecule has 0 saturated carbocycles. The van der Waals surface area contributed by atoms with Crippen LogP contribution in [0.5, 0.6) is 0 Å². The van der Waals surface area contributed by atoms with Gasteiger partial charge in [0.25, 0.3) is 0 Å². The fourth-order valence-corrected chi connectivity index (χ4v) is 1.24. The average Bonchev–Trinajstić information content (AvgIpc) is 2.62. The van der Waals surface area contributed by atoms with Crippen LogP contribution in [-0.2, 0) is 17.8 Å². The minimum absolute atomic E-state index is 0.0987. The molecule has 0 atom stereocenters. The van der Waals surface area contributed by atoms with Crippen molar-refractivity contribution in [3.05, 3.63) is 12.2 Å². The SMILES string of the molecule is COCCCn1cnc(CNC(C)(C)C)n1. The van der Waals surface area contributed by atoms with E-state index in [4.69, 9.17) is 4.74 Å². The van der Waals surface area contributed by atoms with Crippen LogP contribution in [0.2, 0.25) is 0 Å². The van der Waals surface area contributed by atoms with Gasteiger partial charge in [-0.1, -0.05) is 0 Å². The molecule has 0 fully saturated rings. The molecule has 16 heavy (non-hydrogen) atoms. The summed E-state index contributed by atoms with van der Waals surface area (Å²) in [5.74, 6) is 0.840. The maximum absolute atomic E-state index is 4.99. The van der Waals surface area contributed by atoms with Crippen LogP contribution in [0, 0.1) is 0 Å². The fraction of sp³-hybridized carbons (Fsp3) is 0.818. The van der Waals surface area contributed by atoms with Crippen LogP contribution in [-0.4, -0.2) is 34.0 Å². The van der Waals surface area contributed by atoms with Crippen molar-refractivity contribution in [2.24, 2.45) is 0 Å². The lowest BCUT2D eigenvalue weighted by Crippen LogP contribution is -2.35. The molecule has 0 aliphatic carbocycles. The Kier molecular flexibility index (Phi) is 4.89. The summed E-state index contributed by atoms with van der Waals surface area (Å²) >= 11 is 0. The maximum atomic E-state index is 4.99. The van der Waals surface area contributed by atoms with Crippen molar-refractivity contribution in [3.63, 3.8) is 0 Å². The number of nitrogens with one attached hydrogen (secondary N) is 1. The van der Waals surface area contributed by atoms with Gasteiger partial charge < -0.3 is 10.1 Å². The van der Waals surface area contributed by atoms with E-state index in [1.807, 2.05) is 4.68 Å². The van der Waals surface area contributed by atoms with Crippen LogP contribution in [0.1, 0.15) is 33.0 Å². The van der Waals surface area contributed by atoms with Gasteiger partial charge in [0, 0.05) is 25.8 Å². The van der Waals surface area contributed by atoms with Gasteiger partial charge in [-0.25, -0.2) is 4.98 Å². The van der Waals surface area contributed by atoms with Crippen LogP contribution in [0.25, 0.3) is 0 Å². The number of aryl methyl sites for hydroxylation is 1. The lowest BCUT2D eigenvalue weighted by molar-refractivity contribution is 0.189. The molecule has 5 nitrogen and oxygen atoms in total. The van der Waals surface area contributed by atoms with E-state index in [9.17, 15) is 0 Å². The zero-order valence-electron chi connectivity index (χ0n) is 10.7. The van der Waals surface area contributed by atoms with Crippen LogP contribution in [0.4, 0.5) is 0 Å². The fourth-order valence-electron chi connectivity index (χ4n) is 1.24. The van der Waals surface area contributed by atoms with Crippen LogP contribution in [0.3, 0.4) is 0 Å². The molecular formula is C11H22N4O. The minimum Gasteiger partial charge on any atom is -0.385 e. The van der Waals surface area contributed by atoms with Crippen molar-refractivity contribution in [1.82, 2.24) is 20.1 Å². The Morgan fingerprint density at radius 2 is 2.19 bits per heavy atom. The van der Waals surface area contributed by atoms with Gasteiger partial charge in [-0.05, 0) is 27.2 Å². The second-order valence-corrected chi connectivity index (χ2v) is 4.87. The summed E-state index contributed by atoms with van der Waals surface area (Å²) in [5, 5.41) is 7.73. The van der Waals surface area contributed by atoms with E-state index < -0.39 is 0 Å². The first-order valence-corrected chi connectivity index (χ1v) is 5.63. The molecule has 0 aliphatic heterocycles. The topological polar surface area (TPSA) is 52.0 Å². The summed E-state index contributed by atoms with van der Waals surface area (Å²) in [6, 6.07) is 0. The number of rotatable bonds is 6. The standard InChI is InChI=1S/C11H22N4O/c1-11(2,3)13-8-10-12-9-15(14-10)6-5-7-16-4/h9,13H,5-8H2,1-4H3. The third-order valence-corrected chi connectivity index (χ3v) is 2.10. The lowest BCUT2D eigenvalue weighted by atomic mass is 10.1. The number of hydrogen-bond donors (Lipinski definition) is 1. The van der Waals surface area contributed by atoms with Gasteiger partial charge in [-0.3, -0.25) is 4.68 Å². The zero-order chi connectivity index (χ0) is 12.0. The summed E-state index contributed by atoms with van der Waals surface area (Å²) in [5.41, 5.74) is 0.0987. The van der Waals surface area contributed by atoms with Crippen molar-refractivity contribution >= 4 is 0 Å². The second kappa shape index (κ2) is 5.96. The van der Waals surface area contributed by atoms with E-state index in [0.717, 1.165) is 25.4 Å². The Morgan fingerprint density at radius 1 is 1.44 bits per heavy atom. The largest absolute Gasteiger partial charge is 0.385 e. The highest BCUT2D eigenvalue weighted by Gasteiger charge is 2.10. The Bertz CT molecular complexity index is 303. The Balaban J connectivity index is 2.33. The number of aromatic nitrogens is 3. The average molecular weight is 226 g/mol. The molecule has 1 aromatic rings. The molecule has 1 heterocycles. The molecule has 0 aromatic carbocycles. The highest BCUT2D eigenvalue weighted by atomic mass is 16.5. The molecule has 1 aromatic heterocycles. The molecule has 0 saturated heterocycles. The molecule has 0 bridgehead atoms. The van der Waals surface area contributed by atoms with Crippen LogP contribution in [0.15, 0.2) is 6.33 Å². The Hall–Kier alpha value is -0.940. The third kappa shape index (κ3) is 5.23. The molecule has 0 unspecified atom stereocenters. The van der Waals surface area contributed by atoms with Crippen molar-refractivity contribution in [2.45, 2.75) is 45.8 Å². The van der Waals surface area contributed by atoms with Gasteiger partial charge in [-0.2, -0.15) is 5.10 Å². The van der Waals surface area contributed by atoms with E-state index in [2.05, 4.69) is 36.2 Å². The minimum atomic E-state index is 0.0987. The highest BCUT2D eigenvalue weighted by Crippen LogP contribution is 2.00. The predicted molar refractivity (Wildman–Crippen MR) is 63.1 cm³/mol. The second-order valence-electron chi connectivity index (χ2n) is 4.87. The first-order chi connectivity index (χ1) is 7.51. The van der Waals surface area contributed by atoms with Crippen molar-refractivity contribution < 1.29 is 4.74 Å². The molecule has 0 radical (unpaired) electrons. The van der Waals surface area contributed by atoms with Gasteiger partial charge in [0.1, 0.15) is 6.33 Å². The van der Waals surface area contributed by atoms with Gasteiger partial charge in [0.15, 0.2) is 5.82 Å². The monoisotopic (exact) mass is 226 g/mol. The van der Waals surface area contributed by atoms with E-state index in [1.54, 1.807) is 13.4 Å². The molecule has 1 N–H and O–H groups in total. The first-order valence-electron chi connectivity index (χ1n) is 5.63. The van der Waals surface area contributed by atoms with Gasteiger partial charge in [0.05, 0.1) is 6.54 Å². The first kappa shape index (κ1) is 13.1. The van der Waals surface area contributed by atoms with Crippen molar-refractivity contribution in [2.75, 3.05) is 13.7 Å². The maximum Gasteiger partial charge on any atom is 0.164 e. The quantitative estimate of drug-likeness (QED) is 0.741.